The van der Waals surface area contributed by atoms with Crippen molar-refractivity contribution in [3.63, 3.8) is 0 Å². The highest BCUT2D eigenvalue weighted by molar-refractivity contribution is 8.14. The van der Waals surface area contributed by atoms with Crippen molar-refractivity contribution in [2.45, 2.75) is 38.6 Å². The van der Waals surface area contributed by atoms with Gasteiger partial charge in [0.2, 0.25) is 0 Å². The summed E-state index contributed by atoms with van der Waals surface area (Å²) in [7, 11) is 0. The minimum Gasteiger partial charge on any atom is -0.356 e. The first-order chi connectivity index (χ1) is 7.16. The molecule has 0 saturated heterocycles. The Bertz CT molecular complexity index is 268. The Hall–Kier alpha value is -0.390. The third kappa shape index (κ3) is 5.63. The van der Waals surface area contributed by atoms with E-state index in [9.17, 15) is 13.2 Å². The molecule has 1 unspecified atom stereocenters. The second-order valence-corrected chi connectivity index (χ2v) is 6.41. The number of amidine groups is 1. The van der Waals surface area contributed by atoms with Crippen LogP contribution in [-0.4, -0.2) is 29.7 Å². The number of hydrogen-bond acceptors (Lipinski definition) is 3. The van der Waals surface area contributed by atoms with Gasteiger partial charge in [-0.25, -0.2) is 0 Å². The van der Waals surface area contributed by atoms with Gasteiger partial charge in [-0.1, -0.05) is 32.5 Å². The summed E-state index contributed by atoms with van der Waals surface area (Å²) < 4.78 is 35.9. The molecule has 1 aliphatic rings. The summed E-state index contributed by atoms with van der Waals surface area (Å²) in [6, 6.07) is 0. The van der Waals surface area contributed by atoms with E-state index in [1.807, 2.05) is 0 Å². The van der Waals surface area contributed by atoms with Crippen molar-refractivity contribution in [1.82, 2.24) is 5.32 Å². The van der Waals surface area contributed by atoms with E-state index in [1.165, 1.54) is 11.8 Å². The second-order valence-electron chi connectivity index (χ2n) is 5.12. The molecule has 6 heteroatoms. The summed E-state index contributed by atoms with van der Waals surface area (Å²) >= 11 is 1.42. The molecule has 1 atom stereocenters. The van der Waals surface area contributed by atoms with Gasteiger partial charge in [-0.2, -0.15) is 13.2 Å². The molecule has 0 bridgehead atoms. The SMILES string of the molecule is CC(C)(C)CC1CN=C(NCC(F)(F)F)S1. The molecule has 1 rings (SSSR count). The Kier molecular flexibility index (Phi) is 4.15. The van der Waals surface area contributed by atoms with Crippen LogP contribution in [-0.2, 0) is 0 Å². The van der Waals surface area contributed by atoms with Crippen LogP contribution in [0.1, 0.15) is 27.2 Å². The van der Waals surface area contributed by atoms with E-state index in [0.29, 0.717) is 17.0 Å². The van der Waals surface area contributed by atoms with Crippen LogP contribution in [0.2, 0.25) is 0 Å². The van der Waals surface area contributed by atoms with Crippen molar-refractivity contribution in [2.24, 2.45) is 10.4 Å². The van der Waals surface area contributed by atoms with Crippen molar-refractivity contribution < 1.29 is 13.2 Å². The Labute approximate surface area is 98.1 Å². The van der Waals surface area contributed by atoms with Crippen LogP contribution in [0.3, 0.4) is 0 Å². The average Bonchev–Trinajstić information content (AvgIpc) is 2.44. The van der Waals surface area contributed by atoms with Crippen molar-refractivity contribution >= 4 is 16.9 Å². The Morgan fingerprint density at radius 3 is 2.50 bits per heavy atom. The summed E-state index contributed by atoms with van der Waals surface area (Å²) in [5.74, 6) is 0. The number of hydrogen-bond donors (Lipinski definition) is 1. The van der Waals surface area contributed by atoms with E-state index in [-0.39, 0.29) is 5.41 Å². The number of alkyl halides is 3. The molecule has 0 spiro atoms. The molecule has 0 amide bonds. The number of thioether (sulfide) groups is 1. The highest BCUT2D eigenvalue weighted by atomic mass is 32.2. The molecule has 1 aliphatic heterocycles. The Morgan fingerprint density at radius 2 is 2.00 bits per heavy atom. The number of aliphatic imine (C=N–C) groups is 1. The summed E-state index contributed by atoms with van der Waals surface area (Å²) in [6.45, 7) is 5.97. The lowest BCUT2D eigenvalue weighted by Crippen LogP contribution is -2.31. The highest BCUT2D eigenvalue weighted by Crippen LogP contribution is 2.31. The summed E-state index contributed by atoms with van der Waals surface area (Å²) in [4.78, 5) is 4.07. The molecule has 0 aliphatic carbocycles. The number of rotatable bonds is 2. The van der Waals surface area contributed by atoms with Gasteiger partial charge < -0.3 is 5.32 Å². The van der Waals surface area contributed by atoms with E-state index in [1.54, 1.807) is 0 Å². The molecule has 2 nitrogen and oxygen atoms in total. The molecule has 94 valence electrons. The van der Waals surface area contributed by atoms with Gasteiger partial charge in [0, 0.05) is 5.25 Å². The zero-order valence-corrected chi connectivity index (χ0v) is 10.5. The fourth-order valence-electron chi connectivity index (χ4n) is 1.48. The van der Waals surface area contributed by atoms with Gasteiger partial charge in [-0.3, -0.25) is 4.99 Å². The monoisotopic (exact) mass is 254 g/mol. The molecule has 0 aromatic rings. The smallest absolute Gasteiger partial charge is 0.356 e. The minimum atomic E-state index is -4.18. The highest BCUT2D eigenvalue weighted by Gasteiger charge is 2.30. The second kappa shape index (κ2) is 4.85. The Morgan fingerprint density at radius 1 is 1.38 bits per heavy atom. The molecule has 0 aromatic carbocycles. The first kappa shape index (κ1) is 13.7. The lowest BCUT2D eigenvalue weighted by atomic mass is 9.90. The fraction of sp³-hybridized carbons (Fsp3) is 0.900. The predicted octanol–water partition coefficient (Wildman–Crippen LogP) is 3.05. The zero-order valence-electron chi connectivity index (χ0n) is 9.69. The van der Waals surface area contributed by atoms with Gasteiger partial charge in [0.05, 0.1) is 6.54 Å². The first-order valence-electron chi connectivity index (χ1n) is 5.17. The molecule has 0 fully saturated rings. The molecule has 16 heavy (non-hydrogen) atoms. The summed E-state index contributed by atoms with van der Waals surface area (Å²) in [5.41, 5.74) is 0.187. The topological polar surface area (TPSA) is 24.4 Å². The van der Waals surface area contributed by atoms with Gasteiger partial charge in [-0.15, -0.1) is 0 Å². The maximum absolute atomic E-state index is 12.0. The minimum absolute atomic E-state index is 0.187. The van der Waals surface area contributed by atoms with E-state index in [2.05, 4.69) is 31.1 Å². The third-order valence-electron chi connectivity index (χ3n) is 2.00. The van der Waals surface area contributed by atoms with E-state index in [4.69, 9.17) is 0 Å². The van der Waals surface area contributed by atoms with Crippen LogP contribution < -0.4 is 5.32 Å². The van der Waals surface area contributed by atoms with Crippen molar-refractivity contribution in [3.05, 3.63) is 0 Å². The van der Waals surface area contributed by atoms with Gasteiger partial charge >= 0.3 is 6.18 Å². The van der Waals surface area contributed by atoms with Gasteiger partial charge in [-0.05, 0) is 11.8 Å². The molecule has 0 aromatic heterocycles. The largest absolute Gasteiger partial charge is 0.405 e. The molecular weight excluding hydrogens is 237 g/mol. The standard InChI is InChI=1S/C10H17F3N2S/c1-9(2,3)4-7-5-14-8(16-7)15-6-10(11,12)13/h7H,4-6H2,1-3H3,(H,14,15). The van der Waals surface area contributed by atoms with Crippen molar-refractivity contribution in [3.8, 4) is 0 Å². The number of halogens is 3. The normalized spacial score (nSPS) is 22.1. The third-order valence-corrected chi connectivity index (χ3v) is 3.14. The first-order valence-corrected chi connectivity index (χ1v) is 6.05. The van der Waals surface area contributed by atoms with Crippen LogP contribution in [0.5, 0.6) is 0 Å². The average molecular weight is 254 g/mol. The van der Waals surface area contributed by atoms with Crippen LogP contribution >= 0.6 is 11.8 Å². The zero-order chi connectivity index (χ0) is 12.4. The van der Waals surface area contributed by atoms with Gasteiger partial charge in [0.15, 0.2) is 5.17 Å². The lowest BCUT2D eigenvalue weighted by molar-refractivity contribution is -0.121. The van der Waals surface area contributed by atoms with Crippen LogP contribution in [0, 0.1) is 5.41 Å². The van der Waals surface area contributed by atoms with Crippen molar-refractivity contribution in [2.75, 3.05) is 13.1 Å². The number of nitrogens with zero attached hydrogens (tertiary/aromatic N) is 1. The van der Waals surface area contributed by atoms with Crippen LogP contribution in [0.4, 0.5) is 13.2 Å². The molecule has 0 radical (unpaired) electrons. The molecule has 1 heterocycles. The maximum Gasteiger partial charge on any atom is 0.405 e. The van der Waals surface area contributed by atoms with Crippen molar-refractivity contribution in [1.29, 1.82) is 0 Å². The van der Waals surface area contributed by atoms with Crippen LogP contribution in [0.25, 0.3) is 0 Å². The van der Waals surface area contributed by atoms with E-state index in [0.717, 1.165) is 6.42 Å². The quantitative estimate of drug-likeness (QED) is 0.819. The van der Waals surface area contributed by atoms with E-state index >= 15 is 0 Å². The fourth-order valence-corrected chi connectivity index (χ4v) is 2.83. The van der Waals surface area contributed by atoms with Gasteiger partial charge in [0.25, 0.3) is 0 Å². The van der Waals surface area contributed by atoms with E-state index < -0.39 is 12.7 Å². The molecule has 0 saturated carbocycles. The van der Waals surface area contributed by atoms with Gasteiger partial charge in [0.1, 0.15) is 6.54 Å². The molecule has 1 N–H and O–H groups in total. The lowest BCUT2D eigenvalue weighted by Gasteiger charge is -2.21. The van der Waals surface area contributed by atoms with Crippen LogP contribution in [0.15, 0.2) is 4.99 Å². The Balaban J connectivity index is 2.29. The predicted molar refractivity (Wildman–Crippen MR) is 61.8 cm³/mol. The summed E-state index contributed by atoms with van der Waals surface area (Å²) in [6.07, 6.45) is -3.22. The number of nitrogens with one attached hydrogen (secondary N) is 1. The summed E-state index contributed by atoms with van der Waals surface area (Å²) in [5, 5.41) is 3.05. The molecular formula is C10H17F3N2S. The maximum atomic E-state index is 12.0.